The van der Waals surface area contributed by atoms with Gasteiger partial charge in [-0.2, -0.15) is 10.2 Å². The molecule has 2 amide bonds. The molecule has 124 valence electrons. The second kappa shape index (κ2) is 7.74. The standard InChI is InChI=1S/C15H23N7O/c1-12(2)11-22(14-4-5-17-13(10-16)18-14)19-15(23)21-8-6-20(3)7-9-21/h4-5,12H,6-9,11H2,1-3H3,(H,19,23). The van der Waals surface area contributed by atoms with Crippen LogP contribution in [0, 0.1) is 17.2 Å². The lowest BCUT2D eigenvalue weighted by Crippen LogP contribution is -2.55. The van der Waals surface area contributed by atoms with Crippen molar-refractivity contribution in [2.75, 3.05) is 44.8 Å². The average molecular weight is 317 g/mol. The molecule has 2 rings (SSSR count). The predicted molar refractivity (Wildman–Crippen MR) is 86.5 cm³/mol. The molecule has 0 radical (unpaired) electrons. The summed E-state index contributed by atoms with van der Waals surface area (Å²) in [6, 6.07) is 3.46. The average Bonchev–Trinajstić information content (AvgIpc) is 2.54. The Morgan fingerprint density at radius 3 is 2.74 bits per heavy atom. The topological polar surface area (TPSA) is 88.4 Å². The SMILES string of the molecule is CC(C)CN(NC(=O)N1CCN(C)CC1)c1ccnc(C#N)n1. The van der Waals surface area contributed by atoms with Gasteiger partial charge in [0.15, 0.2) is 5.82 Å². The van der Waals surface area contributed by atoms with E-state index in [2.05, 4.69) is 34.1 Å². The summed E-state index contributed by atoms with van der Waals surface area (Å²) >= 11 is 0. The van der Waals surface area contributed by atoms with Crippen molar-refractivity contribution in [2.24, 2.45) is 5.92 Å². The number of urea groups is 1. The third kappa shape index (κ3) is 4.79. The number of carbonyl (C=O) groups is 1. The first-order valence-electron chi connectivity index (χ1n) is 7.74. The van der Waals surface area contributed by atoms with Gasteiger partial charge in [-0.15, -0.1) is 0 Å². The Hall–Kier alpha value is -2.40. The van der Waals surface area contributed by atoms with Gasteiger partial charge in [0.2, 0.25) is 5.82 Å². The maximum absolute atomic E-state index is 12.5. The van der Waals surface area contributed by atoms with Gasteiger partial charge in [0, 0.05) is 45.0 Å². The van der Waals surface area contributed by atoms with Crippen molar-refractivity contribution < 1.29 is 4.79 Å². The highest BCUT2D eigenvalue weighted by Crippen LogP contribution is 2.11. The Morgan fingerprint density at radius 2 is 2.13 bits per heavy atom. The van der Waals surface area contributed by atoms with Gasteiger partial charge >= 0.3 is 6.03 Å². The summed E-state index contributed by atoms with van der Waals surface area (Å²) in [6.07, 6.45) is 1.52. The quantitative estimate of drug-likeness (QED) is 0.822. The number of nitrogens with zero attached hydrogens (tertiary/aromatic N) is 6. The molecule has 1 N–H and O–H groups in total. The fourth-order valence-corrected chi connectivity index (χ4v) is 2.31. The summed E-state index contributed by atoms with van der Waals surface area (Å²) in [5.74, 6) is 0.932. The Kier molecular flexibility index (Phi) is 5.71. The van der Waals surface area contributed by atoms with E-state index in [0.29, 0.717) is 31.4 Å². The van der Waals surface area contributed by atoms with E-state index in [4.69, 9.17) is 5.26 Å². The molecule has 1 fully saturated rings. The molecule has 0 spiro atoms. The molecule has 1 aromatic rings. The molecule has 0 aliphatic carbocycles. The largest absolute Gasteiger partial charge is 0.336 e. The number of hydrogen-bond acceptors (Lipinski definition) is 6. The van der Waals surface area contributed by atoms with Gasteiger partial charge < -0.3 is 9.80 Å². The van der Waals surface area contributed by atoms with E-state index in [9.17, 15) is 4.79 Å². The van der Waals surface area contributed by atoms with E-state index in [1.807, 2.05) is 13.1 Å². The zero-order chi connectivity index (χ0) is 16.8. The summed E-state index contributed by atoms with van der Waals surface area (Å²) in [4.78, 5) is 24.5. The van der Waals surface area contributed by atoms with Crippen LogP contribution in [0.5, 0.6) is 0 Å². The first kappa shape index (κ1) is 17.0. The number of likely N-dealkylation sites (N-methyl/N-ethyl adjacent to an activating group) is 1. The van der Waals surface area contributed by atoms with Crippen LogP contribution < -0.4 is 10.4 Å². The summed E-state index contributed by atoms with van der Waals surface area (Å²) in [5.41, 5.74) is 2.90. The highest BCUT2D eigenvalue weighted by molar-refractivity contribution is 5.76. The molecule has 0 bridgehead atoms. The van der Waals surface area contributed by atoms with Gasteiger partial charge in [-0.3, -0.25) is 5.01 Å². The lowest BCUT2D eigenvalue weighted by atomic mass is 10.2. The van der Waals surface area contributed by atoms with Gasteiger partial charge in [0.1, 0.15) is 6.07 Å². The number of rotatable bonds is 4. The van der Waals surface area contributed by atoms with Gasteiger partial charge in [-0.25, -0.2) is 15.2 Å². The second-order valence-corrected chi connectivity index (χ2v) is 6.06. The summed E-state index contributed by atoms with van der Waals surface area (Å²) in [6.45, 7) is 7.84. The molecule has 8 nitrogen and oxygen atoms in total. The molecular weight excluding hydrogens is 294 g/mol. The molecule has 0 unspecified atom stereocenters. The van der Waals surface area contributed by atoms with Crippen molar-refractivity contribution in [3.63, 3.8) is 0 Å². The number of amides is 2. The smallest absolute Gasteiger partial charge is 0.321 e. The first-order valence-corrected chi connectivity index (χ1v) is 7.74. The van der Waals surface area contributed by atoms with E-state index in [1.54, 1.807) is 16.0 Å². The van der Waals surface area contributed by atoms with Gasteiger partial charge in [0.05, 0.1) is 0 Å². The third-order valence-corrected chi connectivity index (χ3v) is 3.59. The maximum atomic E-state index is 12.5. The van der Waals surface area contributed by atoms with Gasteiger partial charge in [-0.05, 0) is 13.0 Å². The fraction of sp³-hybridized carbons (Fsp3) is 0.600. The number of hydrogen-bond donors (Lipinski definition) is 1. The van der Waals surface area contributed by atoms with Crippen LogP contribution in [0.25, 0.3) is 0 Å². The van der Waals surface area contributed by atoms with E-state index in [0.717, 1.165) is 13.1 Å². The van der Waals surface area contributed by atoms with E-state index >= 15 is 0 Å². The zero-order valence-electron chi connectivity index (χ0n) is 13.9. The Morgan fingerprint density at radius 1 is 1.43 bits per heavy atom. The molecule has 1 aliphatic rings. The van der Waals surface area contributed by atoms with Crippen molar-refractivity contribution in [3.05, 3.63) is 18.1 Å². The number of nitrogens with one attached hydrogen (secondary N) is 1. The molecule has 0 saturated carbocycles. The van der Waals surface area contributed by atoms with Gasteiger partial charge in [0.25, 0.3) is 0 Å². The van der Waals surface area contributed by atoms with Crippen LogP contribution in [0.1, 0.15) is 19.7 Å². The first-order chi connectivity index (χ1) is 11.0. The number of aromatic nitrogens is 2. The Labute approximate surface area is 136 Å². The summed E-state index contributed by atoms with van der Waals surface area (Å²) in [5, 5.41) is 10.6. The minimum Gasteiger partial charge on any atom is -0.321 e. The molecule has 8 heteroatoms. The minimum absolute atomic E-state index is 0.0881. The highest BCUT2D eigenvalue weighted by atomic mass is 16.2. The third-order valence-electron chi connectivity index (χ3n) is 3.59. The van der Waals surface area contributed by atoms with E-state index in [-0.39, 0.29) is 11.9 Å². The number of hydrazine groups is 1. The maximum Gasteiger partial charge on any atom is 0.336 e. The van der Waals surface area contributed by atoms with Crippen LogP contribution in [0.4, 0.5) is 10.6 Å². The molecule has 0 aromatic carbocycles. The lowest BCUT2D eigenvalue weighted by Gasteiger charge is -2.34. The number of carbonyl (C=O) groups excluding carboxylic acids is 1. The fourth-order valence-electron chi connectivity index (χ4n) is 2.31. The summed E-state index contributed by atoms with van der Waals surface area (Å²) < 4.78 is 0. The predicted octanol–water partition coefficient (Wildman–Crippen LogP) is 0.683. The summed E-state index contributed by atoms with van der Waals surface area (Å²) in [7, 11) is 2.05. The number of anilines is 1. The molecule has 1 aromatic heterocycles. The van der Waals surface area contributed by atoms with Crippen LogP contribution in [0.2, 0.25) is 0 Å². The highest BCUT2D eigenvalue weighted by Gasteiger charge is 2.22. The van der Waals surface area contributed by atoms with Crippen LogP contribution in [0.3, 0.4) is 0 Å². The van der Waals surface area contributed by atoms with Crippen LogP contribution >= 0.6 is 0 Å². The zero-order valence-corrected chi connectivity index (χ0v) is 13.9. The van der Waals surface area contributed by atoms with Crippen molar-refractivity contribution in [1.82, 2.24) is 25.2 Å². The Bertz CT molecular complexity index is 575. The van der Waals surface area contributed by atoms with Crippen molar-refractivity contribution >= 4 is 11.8 Å². The molecular formula is C15H23N7O. The molecule has 0 atom stereocenters. The molecule has 1 saturated heterocycles. The monoisotopic (exact) mass is 317 g/mol. The molecule has 23 heavy (non-hydrogen) atoms. The van der Waals surface area contributed by atoms with E-state index in [1.165, 1.54) is 6.20 Å². The van der Waals surface area contributed by atoms with Crippen LogP contribution in [0.15, 0.2) is 12.3 Å². The lowest BCUT2D eigenvalue weighted by molar-refractivity contribution is 0.153. The Balaban J connectivity index is 2.09. The van der Waals surface area contributed by atoms with Crippen LogP contribution in [-0.4, -0.2) is 65.6 Å². The van der Waals surface area contributed by atoms with E-state index < -0.39 is 0 Å². The second-order valence-electron chi connectivity index (χ2n) is 6.06. The van der Waals surface area contributed by atoms with Gasteiger partial charge in [-0.1, -0.05) is 13.8 Å². The minimum atomic E-state index is -0.143. The van der Waals surface area contributed by atoms with Crippen molar-refractivity contribution in [1.29, 1.82) is 5.26 Å². The number of piperazine rings is 1. The van der Waals surface area contributed by atoms with Crippen molar-refractivity contribution in [3.8, 4) is 6.07 Å². The normalized spacial score (nSPS) is 15.3. The number of nitriles is 1. The van der Waals surface area contributed by atoms with Crippen molar-refractivity contribution in [2.45, 2.75) is 13.8 Å². The van der Waals surface area contributed by atoms with Crippen LogP contribution in [-0.2, 0) is 0 Å². The molecule has 2 heterocycles. The molecule has 1 aliphatic heterocycles.